The number of ether oxygens (including phenoxy) is 4. The molecule has 3 saturated heterocycles. The molecule has 1 amide bonds. The average molecular weight is 976 g/mol. The molecule has 7 rings (SSSR count). The van der Waals surface area contributed by atoms with Crippen LogP contribution in [0.4, 0.5) is 4.39 Å². The van der Waals surface area contributed by atoms with Crippen LogP contribution >= 0.6 is 0 Å². The number of rotatable bonds is 7. The third kappa shape index (κ3) is 9.34. The molecule has 5 fully saturated rings. The summed E-state index contributed by atoms with van der Waals surface area (Å²) < 4.78 is 42.3. The molecule has 6 N–H and O–H groups in total. The van der Waals surface area contributed by atoms with E-state index in [-0.39, 0.29) is 79.7 Å². The summed E-state index contributed by atoms with van der Waals surface area (Å²) in [6.07, 6.45) is -0.954. The van der Waals surface area contributed by atoms with Gasteiger partial charge in [0.25, 0.3) is 5.91 Å². The van der Waals surface area contributed by atoms with Gasteiger partial charge in [-0.1, -0.05) is 47.6 Å². The lowest BCUT2D eigenvalue weighted by Gasteiger charge is -2.59. The SMILES string of the molecule is CC[C@H]1OC(=O)[C@H](C)C(O)[C@H](C)C2O[C@@H]3O[C@H](C)C[C@@H](N(C)C)[C@H]3O[C@]2(C)C[C@@H](C)CN(CCCNC(=O)[C@@]2(O)[C@H](C)CC3C4CC(F)=C5CC(=O)C=C[C@]5(C)C4[C@@H](O)C[C@@]32C)[C@H](C)[C@@H](O)[C@]1(C)O. The van der Waals surface area contributed by atoms with Gasteiger partial charge in [-0.05, 0) is 123 Å². The number of carbonyl (C=O) groups excluding carboxylic acids is 3. The highest BCUT2D eigenvalue weighted by atomic mass is 19.1. The quantitative estimate of drug-likeness (QED) is 0.154. The minimum Gasteiger partial charge on any atom is -0.459 e. The van der Waals surface area contributed by atoms with E-state index in [4.69, 9.17) is 18.9 Å². The number of fused-ring (bicyclic) bond motifs is 7. The molecule has 0 aromatic heterocycles. The summed E-state index contributed by atoms with van der Waals surface area (Å²) in [5.74, 6) is -4.97. The number of aliphatic hydroxyl groups excluding tert-OH is 3. The molecule has 15 nitrogen and oxygen atoms in total. The number of hydrogen-bond acceptors (Lipinski definition) is 14. The maximum atomic E-state index is 16.0. The number of carbonyl (C=O) groups is 3. The summed E-state index contributed by atoms with van der Waals surface area (Å²) in [6.45, 7) is 21.1. The van der Waals surface area contributed by atoms with Crippen molar-refractivity contribution in [3.8, 4) is 0 Å². The fourth-order valence-electron chi connectivity index (χ4n) is 15.2. The van der Waals surface area contributed by atoms with Crippen molar-refractivity contribution < 1.29 is 63.3 Å². The zero-order valence-electron chi connectivity index (χ0n) is 43.6. The molecular weight excluding hydrogens is 890 g/mol. The third-order valence-corrected chi connectivity index (χ3v) is 19.0. The molecule has 3 heterocycles. The molecule has 0 aromatic carbocycles. The van der Waals surface area contributed by atoms with E-state index in [0.717, 1.165) is 6.42 Å². The van der Waals surface area contributed by atoms with Crippen molar-refractivity contribution in [1.29, 1.82) is 0 Å². The van der Waals surface area contributed by atoms with Crippen LogP contribution in [0.2, 0.25) is 0 Å². The molecule has 16 heteroatoms. The number of amides is 1. The fourth-order valence-corrected chi connectivity index (χ4v) is 15.2. The van der Waals surface area contributed by atoms with Crippen LogP contribution in [0, 0.1) is 52.3 Å². The Morgan fingerprint density at radius 1 is 0.986 bits per heavy atom. The molecule has 4 aliphatic carbocycles. The highest BCUT2D eigenvalue weighted by Crippen LogP contribution is 2.68. The minimum atomic E-state index is -1.90. The van der Waals surface area contributed by atoms with Crippen LogP contribution in [0.15, 0.2) is 23.6 Å². The van der Waals surface area contributed by atoms with Crippen LogP contribution in [0.5, 0.6) is 0 Å². The Balaban J connectivity index is 1.12. The summed E-state index contributed by atoms with van der Waals surface area (Å²) >= 11 is 0. The summed E-state index contributed by atoms with van der Waals surface area (Å²) in [7, 11) is 4.02. The van der Waals surface area contributed by atoms with Crippen molar-refractivity contribution in [1.82, 2.24) is 15.1 Å². The highest BCUT2D eigenvalue weighted by molar-refractivity contribution is 5.93. The van der Waals surface area contributed by atoms with Crippen LogP contribution < -0.4 is 5.32 Å². The lowest BCUT2D eigenvalue weighted by atomic mass is 9.46. The van der Waals surface area contributed by atoms with E-state index in [1.807, 2.05) is 62.6 Å². The normalized spacial score (nSPS) is 49.9. The number of nitrogens with zero attached hydrogens (tertiary/aromatic N) is 2. The monoisotopic (exact) mass is 976 g/mol. The summed E-state index contributed by atoms with van der Waals surface area (Å²) in [6, 6.07) is -0.696. The van der Waals surface area contributed by atoms with E-state index >= 15 is 4.39 Å². The van der Waals surface area contributed by atoms with E-state index in [1.54, 1.807) is 19.9 Å². The van der Waals surface area contributed by atoms with Crippen molar-refractivity contribution >= 4 is 17.7 Å². The number of allylic oxidation sites excluding steroid dienone is 4. The molecule has 0 bridgehead atoms. The zero-order chi connectivity index (χ0) is 51.1. The standard InChI is InChI=1S/C53H86FN3O12/c1-14-40-52(11,64)44(61)32(7)57(26-27(2)24-51(10)45(30(5)42(60)31(6)46(62)67-40)68-47-43(69-51)38(56(12)13)21-29(4)66-47)19-15-18-55-48(63)53(65)28(3)20-35-34-23-37(54)36-22-33(58)16-17-49(36,8)41(34)39(59)25-50(35,53)9/h16-17,27-32,34-35,38-45,47,59-61,64-65H,14-15,18-26H2,1-13H3,(H,55,63)/t27-,28-,29-,30+,31-,32-,34?,35?,38-,39+,40-,41?,42?,43-,44-,45?,47+,49+,50+,51-,52-,53+/m1/s1. The second-order valence-electron chi connectivity index (χ2n) is 24.1. The smallest absolute Gasteiger partial charge is 0.311 e. The van der Waals surface area contributed by atoms with Gasteiger partial charge in [-0.2, -0.15) is 0 Å². The van der Waals surface area contributed by atoms with Crippen LogP contribution in [0.3, 0.4) is 0 Å². The zero-order valence-corrected chi connectivity index (χ0v) is 43.6. The van der Waals surface area contributed by atoms with Crippen molar-refractivity contribution in [2.45, 2.75) is 205 Å². The molecule has 3 aliphatic heterocycles. The number of esters is 1. The van der Waals surface area contributed by atoms with E-state index in [0.29, 0.717) is 37.9 Å². The Kier molecular flexibility index (Phi) is 15.6. The van der Waals surface area contributed by atoms with Crippen molar-refractivity contribution in [2.75, 3.05) is 33.7 Å². The second-order valence-corrected chi connectivity index (χ2v) is 24.1. The second kappa shape index (κ2) is 19.8. The summed E-state index contributed by atoms with van der Waals surface area (Å²) in [4.78, 5) is 44.9. The molecule has 7 aliphatic rings. The van der Waals surface area contributed by atoms with Gasteiger partial charge in [0.15, 0.2) is 17.7 Å². The number of aliphatic hydroxyl groups is 5. The fraction of sp³-hybridized carbons (Fsp3) is 0.868. The first-order valence-corrected chi connectivity index (χ1v) is 26.0. The third-order valence-electron chi connectivity index (χ3n) is 19.0. The predicted molar refractivity (Wildman–Crippen MR) is 256 cm³/mol. The lowest BCUT2D eigenvalue weighted by molar-refractivity contribution is -0.373. The van der Waals surface area contributed by atoms with Crippen molar-refractivity contribution in [3.63, 3.8) is 0 Å². The topological polar surface area (TPSA) is 208 Å². The number of hydrogen-bond donors (Lipinski definition) is 6. The first-order chi connectivity index (χ1) is 32.1. The Morgan fingerprint density at radius 2 is 1.67 bits per heavy atom. The number of cyclic esters (lactones) is 1. The van der Waals surface area contributed by atoms with E-state index in [1.165, 1.54) is 13.0 Å². The van der Waals surface area contributed by atoms with Gasteiger partial charge in [-0.3, -0.25) is 19.3 Å². The maximum Gasteiger partial charge on any atom is 0.311 e. The van der Waals surface area contributed by atoms with Gasteiger partial charge in [-0.15, -0.1) is 0 Å². The molecule has 0 spiro atoms. The lowest BCUT2D eigenvalue weighted by Crippen LogP contribution is -2.67. The molecule has 0 aromatic rings. The van der Waals surface area contributed by atoms with Crippen LogP contribution in [-0.2, 0) is 33.3 Å². The van der Waals surface area contributed by atoms with Gasteiger partial charge in [0, 0.05) is 67.2 Å². The number of likely N-dealkylation sites (N-methyl/N-ethyl adjacent to an activating group) is 1. The van der Waals surface area contributed by atoms with E-state index in [2.05, 4.69) is 22.0 Å². The van der Waals surface area contributed by atoms with E-state index < -0.39 is 106 Å². The average Bonchev–Trinajstić information content (AvgIpc) is 3.48. The van der Waals surface area contributed by atoms with Crippen molar-refractivity contribution in [2.24, 2.45) is 52.3 Å². The van der Waals surface area contributed by atoms with Gasteiger partial charge >= 0.3 is 5.97 Å². The van der Waals surface area contributed by atoms with Gasteiger partial charge < -0.3 is 54.7 Å². The Morgan fingerprint density at radius 3 is 2.32 bits per heavy atom. The number of nitrogens with one attached hydrogen (secondary N) is 1. The summed E-state index contributed by atoms with van der Waals surface area (Å²) in [5, 5.41) is 63.7. The maximum absolute atomic E-state index is 16.0. The highest BCUT2D eigenvalue weighted by Gasteiger charge is 2.71. The van der Waals surface area contributed by atoms with Gasteiger partial charge in [0.2, 0.25) is 0 Å². The van der Waals surface area contributed by atoms with Gasteiger partial charge in [0.05, 0.1) is 35.9 Å². The molecule has 5 unspecified atom stereocenters. The Bertz CT molecular complexity index is 1980. The van der Waals surface area contributed by atoms with E-state index in [9.17, 15) is 39.9 Å². The largest absolute Gasteiger partial charge is 0.459 e. The molecule has 22 atom stereocenters. The molecule has 2 saturated carbocycles. The van der Waals surface area contributed by atoms with Crippen LogP contribution in [0.25, 0.3) is 0 Å². The first kappa shape index (κ1) is 54.4. The molecule has 69 heavy (non-hydrogen) atoms. The van der Waals surface area contributed by atoms with Gasteiger partial charge in [0.1, 0.15) is 29.7 Å². The number of halogens is 1. The summed E-state index contributed by atoms with van der Waals surface area (Å²) in [5.41, 5.74) is -6.20. The Hall–Kier alpha value is -2.38. The minimum absolute atomic E-state index is 0.0120. The first-order valence-electron chi connectivity index (χ1n) is 26.0. The Labute approximate surface area is 409 Å². The molecule has 392 valence electrons. The van der Waals surface area contributed by atoms with Crippen LogP contribution in [-0.4, -0.2) is 165 Å². The van der Waals surface area contributed by atoms with Crippen molar-refractivity contribution in [3.05, 3.63) is 23.6 Å². The van der Waals surface area contributed by atoms with Gasteiger partial charge in [-0.25, -0.2) is 4.39 Å². The predicted octanol–water partition coefficient (Wildman–Crippen LogP) is 4.45. The van der Waals surface area contributed by atoms with Crippen LogP contribution in [0.1, 0.15) is 128 Å². The number of ketones is 1. The molecule has 0 radical (unpaired) electrons. The molecular formula is C53H86FN3O12.